The minimum absolute atomic E-state index is 0.286. The van der Waals surface area contributed by atoms with E-state index in [-0.39, 0.29) is 12.1 Å². The highest BCUT2D eigenvalue weighted by molar-refractivity contribution is 5.24. The molecule has 1 aromatic carbocycles. The molecule has 0 saturated carbocycles. The molecule has 0 saturated heterocycles. The first kappa shape index (κ1) is 12.8. The van der Waals surface area contributed by atoms with Crippen molar-refractivity contribution in [1.82, 2.24) is 0 Å². The van der Waals surface area contributed by atoms with Gasteiger partial charge in [0.25, 0.3) is 0 Å². The highest BCUT2D eigenvalue weighted by Gasteiger charge is 2.33. The monoisotopic (exact) mass is 243 g/mol. The van der Waals surface area contributed by atoms with E-state index in [0.29, 0.717) is 0 Å². The molecule has 7 heteroatoms. The fraction of sp³-hybridized carbons (Fsp3) is 0.333. The van der Waals surface area contributed by atoms with Gasteiger partial charge in [-0.25, -0.2) is 13.2 Å². The summed E-state index contributed by atoms with van der Waals surface area (Å²) in [4.78, 5) is 0. The lowest BCUT2D eigenvalue weighted by Crippen LogP contribution is -2.22. The molecule has 0 aromatic heterocycles. The molecule has 0 radical (unpaired) electrons. The first-order valence-electron chi connectivity index (χ1n) is 4.17. The molecule has 0 heterocycles. The minimum Gasteiger partial charge on any atom is -0.323 e. The van der Waals surface area contributed by atoms with Gasteiger partial charge in [0.2, 0.25) is 0 Å². The van der Waals surface area contributed by atoms with E-state index in [4.69, 9.17) is 5.73 Å². The summed E-state index contributed by atoms with van der Waals surface area (Å²) in [6, 6.07) is -1.32. The van der Waals surface area contributed by atoms with Gasteiger partial charge in [-0.3, -0.25) is 0 Å². The second kappa shape index (κ2) is 4.32. The van der Waals surface area contributed by atoms with Gasteiger partial charge in [-0.05, 0) is 0 Å². The van der Waals surface area contributed by atoms with Crippen LogP contribution in [0.5, 0.6) is 0 Å². The molecule has 16 heavy (non-hydrogen) atoms. The van der Waals surface area contributed by atoms with E-state index in [1.165, 1.54) is 0 Å². The summed E-state index contributed by atoms with van der Waals surface area (Å²) in [6.45, 7) is 0. The van der Waals surface area contributed by atoms with Crippen LogP contribution >= 0.6 is 0 Å². The zero-order valence-corrected chi connectivity index (χ0v) is 7.78. The molecule has 0 aliphatic heterocycles. The molecule has 1 atom stereocenters. The van der Waals surface area contributed by atoms with Gasteiger partial charge in [-0.15, -0.1) is 0 Å². The predicted octanol–water partition coefficient (Wildman–Crippen LogP) is 3.06. The number of rotatable bonds is 2. The lowest BCUT2D eigenvalue weighted by atomic mass is 10.0. The summed E-state index contributed by atoms with van der Waals surface area (Å²) in [5.74, 6) is -4.05. The van der Waals surface area contributed by atoms with E-state index >= 15 is 0 Å². The molecule has 0 spiro atoms. The van der Waals surface area contributed by atoms with Crippen molar-refractivity contribution < 1.29 is 26.3 Å². The van der Waals surface area contributed by atoms with E-state index in [1.54, 1.807) is 0 Å². The number of hydrogen-bond acceptors (Lipinski definition) is 1. The quantitative estimate of drug-likeness (QED) is 0.794. The highest BCUT2D eigenvalue weighted by atomic mass is 19.4. The molecule has 0 bridgehead atoms. The Balaban J connectivity index is 3.04. The maximum Gasteiger partial charge on any atom is 0.390 e. The molecule has 0 aliphatic carbocycles. The van der Waals surface area contributed by atoms with Crippen LogP contribution in [0.1, 0.15) is 18.0 Å². The number of halogens is 6. The van der Waals surface area contributed by atoms with Crippen molar-refractivity contribution in [3.63, 3.8) is 0 Å². The van der Waals surface area contributed by atoms with E-state index in [9.17, 15) is 26.3 Å². The van der Waals surface area contributed by atoms with E-state index < -0.39 is 41.7 Å². The van der Waals surface area contributed by atoms with Crippen molar-refractivity contribution in [3.05, 3.63) is 35.1 Å². The molecule has 1 rings (SSSR count). The zero-order chi connectivity index (χ0) is 12.5. The number of alkyl halides is 3. The molecule has 0 aliphatic rings. The normalized spacial score (nSPS) is 13.9. The number of nitrogens with two attached hydrogens (primary N) is 1. The van der Waals surface area contributed by atoms with Crippen LogP contribution in [0.15, 0.2) is 12.1 Å². The Labute approximate surface area is 86.9 Å². The van der Waals surface area contributed by atoms with E-state index in [0.717, 1.165) is 0 Å². The van der Waals surface area contributed by atoms with Gasteiger partial charge in [0, 0.05) is 23.7 Å². The topological polar surface area (TPSA) is 26.0 Å². The summed E-state index contributed by atoms with van der Waals surface area (Å²) in [5.41, 5.74) is 4.05. The third-order valence-corrected chi connectivity index (χ3v) is 1.87. The Kier molecular flexibility index (Phi) is 3.47. The van der Waals surface area contributed by atoms with Gasteiger partial charge < -0.3 is 5.73 Å². The smallest absolute Gasteiger partial charge is 0.323 e. The van der Waals surface area contributed by atoms with Crippen molar-refractivity contribution in [2.75, 3.05) is 0 Å². The van der Waals surface area contributed by atoms with Gasteiger partial charge >= 0.3 is 6.18 Å². The maximum absolute atomic E-state index is 13.0. The van der Waals surface area contributed by atoms with Crippen LogP contribution in [0.4, 0.5) is 26.3 Å². The summed E-state index contributed by atoms with van der Waals surface area (Å²) >= 11 is 0. The maximum atomic E-state index is 13.0. The summed E-state index contributed by atoms with van der Waals surface area (Å²) in [7, 11) is 0. The van der Waals surface area contributed by atoms with Crippen LogP contribution in [-0.4, -0.2) is 6.18 Å². The second-order valence-electron chi connectivity index (χ2n) is 3.21. The minimum atomic E-state index is -4.65. The van der Waals surface area contributed by atoms with Crippen molar-refractivity contribution in [1.29, 1.82) is 0 Å². The van der Waals surface area contributed by atoms with Crippen LogP contribution in [0, 0.1) is 17.5 Å². The SMILES string of the molecule is NC(CC(F)(F)F)c1c(F)cc(F)cc1F. The number of hydrogen-bond donors (Lipinski definition) is 1. The van der Waals surface area contributed by atoms with Gasteiger partial charge in [0.05, 0.1) is 6.42 Å². The highest BCUT2D eigenvalue weighted by Crippen LogP contribution is 2.30. The molecule has 0 amide bonds. The Bertz CT molecular complexity index is 363. The molecule has 1 unspecified atom stereocenters. The molecule has 1 aromatic rings. The standard InChI is InChI=1S/C9H7F6N/c10-4-1-5(11)8(6(12)2-4)7(16)3-9(13,14)15/h1-2,7H,3,16H2. The summed E-state index contributed by atoms with van der Waals surface area (Å²) < 4.78 is 74.3. The molecule has 2 N–H and O–H groups in total. The van der Waals surface area contributed by atoms with Gasteiger partial charge in [-0.1, -0.05) is 0 Å². The fourth-order valence-corrected chi connectivity index (χ4v) is 1.26. The van der Waals surface area contributed by atoms with Crippen LogP contribution in [0.2, 0.25) is 0 Å². The Hall–Kier alpha value is -1.24. The first-order valence-corrected chi connectivity index (χ1v) is 4.17. The van der Waals surface area contributed by atoms with Crippen LogP contribution in [0.25, 0.3) is 0 Å². The lowest BCUT2D eigenvalue weighted by molar-refractivity contribution is -0.138. The molecule has 1 nitrogen and oxygen atoms in total. The predicted molar refractivity (Wildman–Crippen MR) is 43.9 cm³/mol. The molecule has 90 valence electrons. The van der Waals surface area contributed by atoms with Crippen molar-refractivity contribution in [2.45, 2.75) is 18.6 Å². The van der Waals surface area contributed by atoms with Crippen LogP contribution < -0.4 is 5.73 Å². The Morgan fingerprint density at radius 3 is 1.88 bits per heavy atom. The Morgan fingerprint density at radius 2 is 1.50 bits per heavy atom. The molecular weight excluding hydrogens is 236 g/mol. The molecule has 0 fully saturated rings. The van der Waals surface area contributed by atoms with E-state index in [2.05, 4.69) is 0 Å². The van der Waals surface area contributed by atoms with Crippen molar-refractivity contribution in [3.8, 4) is 0 Å². The third kappa shape index (κ3) is 3.13. The van der Waals surface area contributed by atoms with Crippen LogP contribution in [-0.2, 0) is 0 Å². The molecular formula is C9H7F6N. The summed E-state index contributed by atoms with van der Waals surface area (Å²) in [6.07, 6.45) is -6.22. The second-order valence-corrected chi connectivity index (χ2v) is 3.21. The number of benzene rings is 1. The average molecular weight is 243 g/mol. The van der Waals surface area contributed by atoms with Gasteiger partial charge in [-0.2, -0.15) is 13.2 Å². The fourth-order valence-electron chi connectivity index (χ4n) is 1.26. The average Bonchev–Trinajstić information content (AvgIpc) is 1.96. The zero-order valence-electron chi connectivity index (χ0n) is 7.78. The summed E-state index contributed by atoms with van der Waals surface area (Å²) in [5, 5.41) is 0. The van der Waals surface area contributed by atoms with Crippen molar-refractivity contribution >= 4 is 0 Å². The largest absolute Gasteiger partial charge is 0.390 e. The van der Waals surface area contributed by atoms with Crippen molar-refractivity contribution in [2.24, 2.45) is 5.73 Å². The first-order chi connectivity index (χ1) is 7.20. The van der Waals surface area contributed by atoms with Crippen LogP contribution in [0.3, 0.4) is 0 Å². The van der Waals surface area contributed by atoms with Gasteiger partial charge in [0.1, 0.15) is 17.5 Å². The Morgan fingerprint density at radius 1 is 1.06 bits per heavy atom. The van der Waals surface area contributed by atoms with E-state index in [1.807, 2.05) is 0 Å². The third-order valence-electron chi connectivity index (χ3n) is 1.87. The lowest BCUT2D eigenvalue weighted by Gasteiger charge is -2.15. The van der Waals surface area contributed by atoms with Gasteiger partial charge in [0.15, 0.2) is 0 Å².